The number of sulfonamides is 1. The second kappa shape index (κ2) is 10.7. The summed E-state index contributed by atoms with van der Waals surface area (Å²) in [6, 6.07) is 7.67. The monoisotopic (exact) mass is 489 g/mol. The molecule has 0 unspecified atom stereocenters. The smallest absolute Gasteiger partial charge is 0.416 e. The van der Waals surface area contributed by atoms with Crippen LogP contribution in [0.5, 0.6) is 11.5 Å². The molecule has 0 heterocycles. The normalized spacial score (nSPS) is 12.7. The van der Waals surface area contributed by atoms with Gasteiger partial charge in [0.15, 0.2) is 6.10 Å². The lowest BCUT2D eigenvalue weighted by molar-refractivity contribution is -0.146. The molecule has 2 aromatic rings. The largest absolute Gasteiger partial charge is 0.497 e. The molecule has 0 aliphatic heterocycles. The van der Waals surface area contributed by atoms with Crippen LogP contribution in [0.2, 0.25) is 0 Å². The van der Waals surface area contributed by atoms with E-state index in [-0.39, 0.29) is 11.3 Å². The average Bonchev–Trinajstić information content (AvgIpc) is 2.77. The van der Waals surface area contributed by atoms with Crippen molar-refractivity contribution in [1.29, 1.82) is 0 Å². The van der Waals surface area contributed by atoms with Gasteiger partial charge < -0.3 is 14.2 Å². The second-order valence-electron chi connectivity index (χ2n) is 6.74. The number of alkyl halides is 3. The van der Waals surface area contributed by atoms with Crippen molar-refractivity contribution >= 4 is 21.8 Å². The molecular weight excluding hydrogens is 467 g/mol. The third kappa shape index (κ3) is 6.93. The summed E-state index contributed by atoms with van der Waals surface area (Å²) in [5.74, 6) is -0.750. The van der Waals surface area contributed by atoms with E-state index in [0.29, 0.717) is 11.8 Å². The Balaban J connectivity index is 1.96. The highest BCUT2D eigenvalue weighted by atomic mass is 32.2. The minimum Gasteiger partial charge on any atom is -0.497 e. The molecule has 1 atom stereocenters. The first-order valence-electron chi connectivity index (χ1n) is 9.51. The summed E-state index contributed by atoms with van der Waals surface area (Å²) in [5.41, 5.74) is -0.963. The zero-order chi connectivity index (χ0) is 24.8. The number of methoxy groups -OCH3 is 2. The number of ketones is 1. The number of rotatable bonds is 10. The number of hydrogen-bond donors (Lipinski definition) is 1. The number of esters is 1. The molecule has 180 valence electrons. The number of Topliss-reactive ketones (excluding diaryl/α,β-unsaturated/α-hetero) is 1. The Morgan fingerprint density at radius 1 is 1.06 bits per heavy atom. The summed E-state index contributed by atoms with van der Waals surface area (Å²) < 4.78 is 80.1. The first kappa shape index (κ1) is 26.1. The van der Waals surface area contributed by atoms with Crippen molar-refractivity contribution in [3.05, 3.63) is 53.6 Å². The maximum atomic E-state index is 12.8. The van der Waals surface area contributed by atoms with Crippen LogP contribution in [0.15, 0.2) is 47.4 Å². The van der Waals surface area contributed by atoms with Gasteiger partial charge in [-0.3, -0.25) is 9.59 Å². The lowest BCUT2D eigenvalue weighted by Gasteiger charge is -2.15. The maximum absolute atomic E-state index is 12.8. The van der Waals surface area contributed by atoms with E-state index in [9.17, 15) is 31.2 Å². The standard InChI is InChI=1S/C21H22F3NO7S/c1-13(20(27)17-8-7-15(30-2)12-18(17)31-3)32-19(26)9-10-25-33(28,29)16-6-4-5-14(11-16)21(22,23)24/h4-8,11-13,25H,9-10H2,1-3H3/t13-/m1/s1. The Hall–Kier alpha value is -3.12. The molecule has 12 heteroatoms. The SMILES string of the molecule is COc1ccc(C(=O)[C@@H](C)OC(=O)CCNS(=O)(=O)c2cccc(C(F)(F)F)c2)c(OC)c1. The number of hydrogen-bond acceptors (Lipinski definition) is 7. The minimum atomic E-state index is -4.70. The lowest BCUT2D eigenvalue weighted by atomic mass is 10.1. The zero-order valence-electron chi connectivity index (χ0n) is 17.9. The average molecular weight is 489 g/mol. The number of benzene rings is 2. The fourth-order valence-electron chi connectivity index (χ4n) is 2.74. The summed E-state index contributed by atoms with van der Waals surface area (Å²) in [7, 11) is -1.49. The predicted octanol–water partition coefficient (Wildman–Crippen LogP) is 3.21. The predicted molar refractivity (Wildman–Crippen MR) is 111 cm³/mol. The number of ether oxygens (including phenoxy) is 3. The molecule has 0 fully saturated rings. The van der Waals surface area contributed by atoms with Crippen LogP contribution in [0.3, 0.4) is 0 Å². The van der Waals surface area contributed by atoms with E-state index in [0.717, 1.165) is 18.2 Å². The number of carbonyl (C=O) groups excluding carboxylic acids is 2. The highest BCUT2D eigenvalue weighted by Crippen LogP contribution is 2.30. The molecule has 0 aliphatic carbocycles. The van der Waals surface area contributed by atoms with Crippen LogP contribution in [-0.2, 0) is 25.7 Å². The van der Waals surface area contributed by atoms with E-state index in [1.54, 1.807) is 0 Å². The number of carbonyl (C=O) groups is 2. The third-order valence-electron chi connectivity index (χ3n) is 4.44. The fourth-order valence-corrected chi connectivity index (χ4v) is 3.82. The fraction of sp³-hybridized carbons (Fsp3) is 0.333. The van der Waals surface area contributed by atoms with Crippen molar-refractivity contribution in [2.75, 3.05) is 20.8 Å². The summed E-state index contributed by atoms with van der Waals surface area (Å²) >= 11 is 0. The molecule has 0 bridgehead atoms. The Morgan fingerprint density at radius 3 is 2.36 bits per heavy atom. The van der Waals surface area contributed by atoms with Crippen LogP contribution in [-0.4, -0.2) is 47.0 Å². The Morgan fingerprint density at radius 2 is 1.76 bits per heavy atom. The highest BCUT2D eigenvalue weighted by Gasteiger charge is 2.31. The molecule has 2 rings (SSSR count). The summed E-state index contributed by atoms with van der Waals surface area (Å²) in [4.78, 5) is 24.0. The Labute approximate surface area is 188 Å². The quantitative estimate of drug-likeness (QED) is 0.403. The van der Waals surface area contributed by atoms with Gasteiger partial charge in [-0.25, -0.2) is 13.1 Å². The number of nitrogens with one attached hydrogen (secondary N) is 1. The molecule has 0 spiro atoms. The summed E-state index contributed by atoms with van der Waals surface area (Å²) in [6.45, 7) is 0.904. The first-order chi connectivity index (χ1) is 15.4. The van der Waals surface area contributed by atoms with E-state index in [2.05, 4.69) is 0 Å². The van der Waals surface area contributed by atoms with Crippen LogP contribution in [0.4, 0.5) is 13.2 Å². The van der Waals surface area contributed by atoms with Crippen LogP contribution in [0.25, 0.3) is 0 Å². The molecular formula is C21H22F3NO7S. The lowest BCUT2D eigenvalue weighted by Crippen LogP contribution is -2.29. The summed E-state index contributed by atoms with van der Waals surface area (Å²) in [5, 5.41) is 0. The molecule has 0 saturated heterocycles. The second-order valence-corrected chi connectivity index (χ2v) is 8.50. The molecule has 0 saturated carbocycles. The molecule has 1 N–H and O–H groups in total. The molecule has 0 radical (unpaired) electrons. The molecule has 8 nitrogen and oxygen atoms in total. The van der Waals surface area contributed by atoms with Crippen LogP contribution < -0.4 is 14.2 Å². The van der Waals surface area contributed by atoms with Gasteiger partial charge in [0.1, 0.15) is 11.5 Å². The van der Waals surface area contributed by atoms with Crippen molar-refractivity contribution in [2.45, 2.75) is 30.5 Å². The molecule has 0 aromatic heterocycles. The molecule has 33 heavy (non-hydrogen) atoms. The first-order valence-corrected chi connectivity index (χ1v) is 11.0. The molecule has 2 aromatic carbocycles. The van der Waals surface area contributed by atoms with Gasteiger partial charge in [-0.05, 0) is 37.3 Å². The van der Waals surface area contributed by atoms with Gasteiger partial charge in [0, 0.05) is 12.6 Å². The van der Waals surface area contributed by atoms with Gasteiger partial charge in [-0.1, -0.05) is 6.07 Å². The Kier molecular flexibility index (Phi) is 8.45. The van der Waals surface area contributed by atoms with Crippen molar-refractivity contribution in [3.63, 3.8) is 0 Å². The van der Waals surface area contributed by atoms with Gasteiger partial charge in [0.05, 0.1) is 36.7 Å². The van der Waals surface area contributed by atoms with Gasteiger partial charge in [-0.2, -0.15) is 13.2 Å². The van der Waals surface area contributed by atoms with Crippen LogP contribution in [0.1, 0.15) is 29.3 Å². The van der Waals surface area contributed by atoms with Crippen molar-refractivity contribution in [2.24, 2.45) is 0 Å². The van der Waals surface area contributed by atoms with E-state index in [1.165, 1.54) is 39.3 Å². The van der Waals surface area contributed by atoms with Crippen molar-refractivity contribution < 1.29 is 45.4 Å². The van der Waals surface area contributed by atoms with E-state index in [1.807, 2.05) is 4.72 Å². The van der Waals surface area contributed by atoms with Crippen molar-refractivity contribution in [3.8, 4) is 11.5 Å². The Bertz CT molecular complexity index is 1120. The van der Waals surface area contributed by atoms with E-state index >= 15 is 0 Å². The van der Waals surface area contributed by atoms with Gasteiger partial charge in [-0.15, -0.1) is 0 Å². The summed E-state index contributed by atoms with van der Waals surface area (Å²) in [6.07, 6.45) is -6.35. The third-order valence-corrected chi connectivity index (χ3v) is 5.90. The highest BCUT2D eigenvalue weighted by molar-refractivity contribution is 7.89. The van der Waals surface area contributed by atoms with Gasteiger partial charge in [0.2, 0.25) is 15.8 Å². The minimum absolute atomic E-state index is 0.156. The van der Waals surface area contributed by atoms with Gasteiger partial charge in [0.25, 0.3) is 0 Å². The number of halogens is 3. The maximum Gasteiger partial charge on any atom is 0.416 e. The van der Waals surface area contributed by atoms with E-state index < -0.39 is 57.5 Å². The molecule has 0 aliphatic rings. The topological polar surface area (TPSA) is 108 Å². The van der Waals surface area contributed by atoms with Gasteiger partial charge >= 0.3 is 12.1 Å². The van der Waals surface area contributed by atoms with E-state index in [4.69, 9.17) is 14.2 Å². The van der Waals surface area contributed by atoms with Crippen LogP contribution in [0, 0.1) is 0 Å². The van der Waals surface area contributed by atoms with Crippen molar-refractivity contribution in [1.82, 2.24) is 4.72 Å². The van der Waals surface area contributed by atoms with Crippen LogP contribution >= 0.6 is 0 Å². The zero-order valence-corrected chi connectivity index (χ0v) is 18.7. The molecule has 0 amide bonds.